The normalized spacial score (nSPS) is 33.6. The summed E-state index contributed by atoms with van der Waals surface area (Å²) < 4.78 is 0. The van der Waals surface area contributed by atoms with Crippen molar-refractivity contribution in [2.24, 2.45) is 0 Å². The fourth-order valence-corrected chi connectivity index (χ4v) is 3.76. The lowest BCUT2D eigenvalue weighted by atomic mass is 9.95. The van der Waals surface area contributed by atoms with Gasteiger partial charge in [0, 0.05) is 23.8 Å². The van der Waals surface area contributed by atoms with E-state index < -0.39 is 0 Å². The maximum atomic E-state index is 9.85. The molecule has 2 saturated heterocycles. The van der Waals surface area contributed by atoms with Crippen LogP contribution in [0, 0.1) is 0 Å². The second-order valence-electron chi connectivity index (χ2n) is 5.80. The number of piperidine rings is 1. The third-order valence-corrected chi connectivity index (χ3v) is 4.63. The maximum Gasteiger partial charge on any atom is 0.0570 e. The van der Waals surface area contributed by atoms with E-state index in [0.29, 0.717) is 18.1 Å². The summed E-state index contributed by atoms with van der Waals surface area (Å²) in [7, 11) is 0. The second-order valence-corrected chi connectivity index (χ2v) is 5.80. The third kappa shape index (κ3) is 2.02. The van der Waals surface area contributed by atoms with Gasteiger partial charge in [0.15, 0.2) is 0 Å². The van der Waals surface area contributed by atoms with Gasteiger partial charge in [-0.25, -0.2) is 0 Å². The first-order valence-electron chi connectivity index (χ1n) is 6.96. The van der Waals surface area contributed by atoms with Gasteiger partial charge >= 0.3 is 0 Å². The predicted octanol–water partition coefficient (Wildman–Crippen LogP) is 2.32. The van der Waals surface area contributed by atoms with Crippen molar-refractivity contribution in [2.45, 2.75) is 56.8 Å². The SMILES string of the molecule is CC(c1ccc(N)cc1)N1C2CCC1CC(O)C2. The predicted molar refractivity (Wildman–Crippen MR) is 73.2 cm³/mol. The molecule has 0 amide bonds. The largest absolute Gasteiger partial charge is 0.399 e. The van der Waals surface area contributed by atoms with E-state index in [4.69, 9.17) is 5.73 Å². The Balaban J connectivity index is 1.81. The number of aliphatic hydroxyl groups is 1. The lowest BCUT2D eigenvalue weighted by molar-refractivity contribution is 0.0139. The van der Waals surface area contributed by atoms with Crippen LogP contribution in [0.3, 0.4) is 0 Å². The summed E-state index contributed by atoms with van der Waals surface area (Å²) in [4.78, 5) is 2.61. The number of nitrogens with two attached hydrogens (primary N) is 1. The third-order valence-electron chi connectivity index (χ3n) is 4.63. The van der Waals surface area contributed by atoms with Crippen molar-refractivity contribution < 1.29 is 5.11 Å². The molecule has 3 unspecified atom stereocenters. The van der Waals surface area contributed by atoms with Crippen LogP contribution in [-0.4, -0.2) is 28.2 Å². The molecule has 0 aliphatic carbocycles. The van der Waals surface area contributed by atoms with E-state index in [1.165, 1.54) is 18.4 Å². The van der Waals surface area contributed by atoms with Crippen LogP contribution in [0.25, 0.3) is 0 Å². The molecule has 0 spiro atoms. The highest BCUT2D eigenvalue weighted by Crippen LogP contribution is 2.41. The van der Waals surface area contributed by atoms with E-state index in [1.807, 2.05) is 12.1 Å². The van der Waals surface area contributed by atoms with E-state index in [-0.39, 0.29) is 6.10 Å². The number of fused-ring (bicyclic) bond motifs is 2. The Labute approximate surface area is 109 Å². The first kappa shape index (κ1) is 12.0. The smallest absolute Gasteiger partial charge is 0.0570 e. The molecule has 0 aromatic heterocycles. The zero-order chi connectivity index (χ0) is 12.7. The molecular formula is C15H22N2O. The van der Waals surface area contributed by atoms with Crippen LogP contribution in [-0.2, 0) is 0 Å². The first-order chi connectivity index (χ1) is 8.65. The molecule has 3 N–H and O–H groups in total. The highest BCUT2D eigenvalue weighted by Gasteiger charge is 2.42. The summed E-state index contributed by atoms with van der Waals surface area (Å²) in [6, 6.07) is 9.77. The van der Waals surface area contributed by atoms with Gasteiger partial charge < -0.3 is 10.8 Å². The van der Waals surface area contributed by atoms with E-state index in [0.717, 1.165) is 18.5 Å². The summed E-state index contributed by atoms with van der Waals surface area (Å²) in [5.74, 6) is 0. The van der Waals surface area contributed by atoms with Gasteiger partial charge in [-0.3, -0.25) is 4.90 Å². The molecule has 98 valence electrons. The standard InChI is InChI=1S/C15H22N2O/c1-10(11-2-4-12(16)5-3-11)17-13-6-7-14(17)9-15(18)8-13/h2-5,10,13-15,18H,6-9,16H2,1H3. The van der Waals surface area contributed by atoms with Gasteiger partial charge in [0.2, 0.25) is 0 Å². The summed E-state index contributed by atoms with van der Waals surface area (Å²) in [5, 5.41) is 9.85. The molecule has 2 aliphatic rings. The fraction of sp³-hybridized carbons (Fsp3) is 0.600. The zero-order valence-corrected chi connectivity index (χ0v) is 10.9. The lowest BCUT2D eigenvalue weighted by Crippen LogP contribution is -2.45. The Hall–Kier alpha value is -1.06. The maximum absolute atomic E-state index is 9.85. The highest BCUT2D eigenvalue weighted by molar-refractivity contribution is 5.40. The molecule has 0 radical (unpaired) electrons. The number of nitrogens with zero attached hydrogens (tertiary/aromatic N) is 1. The second kappa shape index (κ2) is 4.56. The van der Waals surface area contributed by atoms with E-state index in [1.54, 1.807) is 0 Å². The van der Waals surface area contributed by atoms with Crippen molar-refractivity contribution in [1.82, 2.24) is 4.90 Å². The molecule has 1 aromatic carbocycles. The summed E-state index contributed by atoms with van der Waals surface area (Å²) in [6.07, 6.45) is 4.27. The number of benzene rings is 1. The fourth-order valence-electron chi connectivity index (χ4n) is 3.76. The molecule has 2 bridgehead atoms. The van der Waals surface area contributed by atoms with Crippen molar-refractivity contribution in [3.8, 4) is 0 Å². The van der Waals surface area contributed by atoms with Gasteiger partial charge in [-0.2, -0.15) is 0 Å². The zero-order valence-electron chi connectivity index (χ0n) is 10.9. The molecular weight excluding hydrogens is 224 g/mol. The minimum atomic E-state index is -0.0858. The molecule has 3 rings (SSSR count). The van der Waals surface area contributed by atoms with E-state index >= 15 is 0 Å². The first-order valence-corrected chi connectivity index (χ1v) is 6.96. The van der Waals surface area contributed by atoms with Crippen molar-refractivity contribution in [2.75, 3.05) is 5.73 Å². The van der Waals surface area contributed by atoms with Crippen LogP contribution in [0.4, 0.5) is 5.69 Å². The number of hydrogen-bond donors (Lipinski definition) is 2. The Kier molecular flexibility index (Phi) is 3.04. The molecule has 3 heteroatoms. The number of nitrogen functional groups attached to an aromatic ring is 1. The average molecular weight is 246 g/mol. The van der Waals surface area contributed by atoms with Crippen molar-refractivity contribution in [1.29, 1.82) is 0 Å². The molecule has 18 heavy (non-hydrogen) atoms. The minimum Gasteiger partial charge on any atom is -0.399 e. The quantitative estimate of drug-likeness (QED) is 0.787. The van der Waals surface area contributed by atoms with E-state index in [2.05, 4.69) is 24.0 Å². The van der Waals surface area contributed by atoms with Crippen molar-refractivity contribution >= 4 is 5.69 Å². The van der Waals surface area contributed by atoms with Crippen LogP contribution in [0.2, 0.25) is 0 Å². The highest BCUT2D eigenvalue weighted by atomic mass is 16.3. The average Bonchev–Trinajstić information content (AvgIpc) is 2.62. The van der Waals surface area contributed by atoms with Crippen LogP contribution < -0.4 is 5.73 Å². The summed E-state index contributed by atoms with van der Waals surface area (Å²) in [5.41, 5.74) is 7.90. The van der Waals surface area contributed by atoms with Crippen molar-refractivity contribution in [3.05, 3.63) is 29.8 Å². The number of rotatable bonds is 2. The van der Waals surface area contributed by atoms with Gasteiger partial charge in [-0.05, 0) is 50.3 Å². The van der Waals surface area contributed by atoms with Crippen LogP contribution in [0.1, 0.15) is 44.2 Å². The van der Waals surface area contributed by atoms with Gasteiger partial charge in [0.25, 0.3) is 0 Å². The molecule has 3 atom stereocenters. The molecule has 2 fully saturated rings. The Morgan fingerprint density at radius 3 is 2.28 bits per heavy atom. The van der Waals surface area contributed by atoms with Gasteiger partial charge in [-0.15, -0.1) is 0 Å². The van der Waals surface area contributed by atoms with Crippen molar-refractivity contribution in [3.63, 3.8) is 0 Å². The minimum absolute atomic E-state index is 0.0858. The molecule has 0 saturated carbocycles. The Morgan fingerprint density at radius 1 is 1.17 bits per heavy atom. The molecule has 2 heterocycles. The number of hydrogen-bond acceptors (Lipinski definition) is 3. The molecule has 2 aliphatic heterocycles. The van der Waals surface area contributed by atoms with Crippen LogP contribution >= 0.6 is 0 Å². The molecule has 3 nitrogen and oxygen atoms in total. The van der Waals surface area contributed by atoms with Gasteiger partial charge in [0.05, 0.1) is 6.10 Å². The number of aliphatic hydroxyl groups excluding tert-OH is 1. The van der Waals surface area contributed by atoms with Crippen LogP contribution in [0.5, 0.6) is 0 Å². The lowest BCUT2D eigenvalue weighted by Gasteiger charge is -2.41. The monoisotopic (exact) mass is 246 g/mol. The number of anilines is 1. The van der Waals surface area contributed by atoms with Crippen LogP contribution in [0.15, 0.2) is 24.3 Å². The van der Waals surface area contributed by atoms with Gasteiger partial charge in [0.1, 0.15) is 0 Å². The Bertz CT molecular complexity index is 403. The van der Waals surface area contributed by atoms with Gasteiger partial charge in [-0.1, -0.05) is 12.1 Å². The topological polar surface area (TPSA) is 49.5 Å². The van der Waals surface area contributed by atoms with E-state index in [9.17, 15) is 5.11 Å². The Morgan fingerprint density at radius 2 is 1.72 bits per heavy atom. The summed E-state index contributed by atoms with van der Waals surface area (Å²) >= 11 is 0. The summed E-state index contributed by atoms with van der Waals surface area (Å²) in [6.45, 7) is 2.27. The molecule has 1 aromatic rings.